The van der Waals surface area contributed by atoms with Crippen LogP contribution in [-0.2, 0) is 4.74 Å². The van der Waals surface area contributed by atoms with Gasteiger partial charge >= 0.3 is 0 Å². The lowest BCUT2D eigenvalue weighted by Crippen LogP contribution is -2.50. The molecule has 4 rings (SSSR count). The lowest BCUT2D eigenvalue weighted by Gasteiger charge is -2.40. The number of rotatable bonds is 8. The maximum absolute atomic E-state index is 13.0. The minimum absolute atomic E-state index is 0.0505. The van der Waals surface area contributed by atoms with Crippen molar-refractivity contribution < 1.29 is 19.1 Å². The van der Waals surface area contributed by atoms with Gasteiger partial charge < -0.3 is 25.0 Å². The SMILES string of the molecule is COC[C@H](C)NC(=O)c1ccc(N2[C@@H]3CC[C@H]2C[C@@H](NC(=O)c2cccc(OC)c2C)C3)nc1. The molecule has 2 bridgehead atoms. The van der Waals surface area contributed by atoms with Crippen LogP contribution in [0.5, 0.6) is 5.75 Å². The molecule has 0 aliphatic carbocycles. The van der Waals surface area contributed by atoms with E-state index in [9.17, 15) is 9.59 Å². The van der Waals surface area contributed by atoms with E-state index < -0.39 is 0 Å². The highest BCUT2D eigenvalue weighted by Crippen LogP contribution is 2.38. The number of benzene rings is 1. The molecule has 8 nitrogen and oxygen atoms in total. The number of pyridine rings is 1. The Labute approximate surface area is 201 Å². The van der Waals surface area contributed by atoms with Crippen LogP contribution >= 0.6 is 0 Å². The van der Waals surface area contributed by atoms with E-state index in [2.05, 4.69) is 20.5 Å². The minimum atomic E-state index is -0.152. The smallest absolute Gasteiger partial charge is 0.253 e. The molecule has 2 fully saturated rings. The first-order chi connectivity index (χ1) is 16.4. The quantitative estimate of drug-likeness (QED) is 0.621. The molecule has 2 N–H and O–H groups in total. The Bertz CT molecular complexity index is 1010. The molecule has 3 heterocycles. The van der Waals surface area contributed by atoms with Crippen molar-refractivity contribution >= 4 is 17.6 Å². The monoisotopic (exact) mass is 466 g/mol. The van der Waals surface area contributed by atoms with Crippen molar-refractivity contribution in [2.24, 2.45) is 0 Å². The highest BCUT2D eigenvalue weighted by Gasteiger charge is 2.42. The fourth-order valence-corrected chi connectivity index (χ4v) is 5.29. The van der Waals surface area contributed by atoms with Gasteiger partial charge in [-0.05, 0) is 63.8 Å². The zero-order chi connectivity index (χ0) is 24.2. The van der Waals surface area contributed by atoms with Gasteiger partial charge in [0.2, 0.25) is 0 Å². The predicted molar refractivity (Wildman–Crippen MR) is 131 cm³/mol. The third-order valence-electron chi connectivity index (χ3n) is 6.89. The normalized spacial score (nSPS) is 22.2. The molecule has 0 spiro atoms. The lowest BCUT2D eigenvalue weighted by molar-refractivity contribution is 0.0902. The molecule has 2 aromatic rings. The highest BCUT2D eigenvalue weighted by atomic mass is 16.5. The van der Waals surface area contributed by atoms with E-state index in [4.69, 9.17) is 9.47 Å². The average Bonchev–Trinajstić information content (AvgIpc) is 3.09. The summed E-state index contributed by atoms with van der Waals surface area (Å²) in [6.07, 6.45) is 5.55. The first kappa shape index (κ1) is 24.0. The molecule has 34 heavy (non-hydrogen) atoms. The summed E-state index contributed by atoms with van der Waals surface area (Å²) >= 11 is 0. The van der Waals surface area contributed by atoms with E-state index in [1.54, 1.807) is 20.4 Å². The molecular formula is C26H34N4O4. The van der Waals surface area contributed by atoms with Crippen LogP contribution in [0.1, 0.15) is 58.9 Å². The second-order valence-corrected chi connectivity index (χ2v) is 9.30. The van der Waals surface area contributed by atoms with Crippen LogP contribution in [0.4, 0.5) is 5.82 Å². The van der Waals surface area contributed by atoms with Crippen molar-refractivity contribution in [3.63, 3.8) is 0 Å². The molecule has 0 saturated carbocycles. The van der Waals surface area contributed by atoms with Gasteiger partial charge in [0.15, 0.2) is 0 Å². The van der Waals surface area contributed by atoms with E-state index in [1.807, 2.05) is 44.2 Å². The highest BCUT2D eigenvalue weighted by molar-refractivity contribution is 5.96. The summed E-state index contributed by atoms with van der Waals surface area (Å²) < 4.78 is 10.4. The van der Waals surface area contributed by atoms with Crippen molar-refractivity contribution in [2.75, 3.05) is 25.7 Å². The zero-order valence-electron chi connectivity index (χ0n) is 20.3. The van der Waals surface area contributed by atoms with Crippen LogP contribution in [0.15, 0.2) is 36.5 Å². The summed E-state index contributed by atoms with van der Waals surface area (Å²) in [4.78, 5) is 32.4. The number of hydrogen-bond donors (Lipinski definition) is 2. The average molecular weight is 467 g/mol. The summed E-state index contributed by atoms with van der Waals surface area (Å²) in [7, 11) is 3.23. The Hall–Kier alpha value is -3.13. The molecule has 182 valence electrons. The number of aromatic nitrogens is 1. The number of fused-ring (bicyclic) bond motifs is 2. The number of hydrogen-bond acceptors (Lipinski definition) is 6. The van der Waals surface area contributed by atoms with Crippen molar-refractivity contribution in [3.8, 4) is 5.75 Å². The fraction of sp³-hybridized carbons (Fsp3) is 0.500. The zero-order valence-corrected chi connectivity index (χ0v) is 20.3. The van der Waals surface area contributed by atoms with Gasteiger partial charge in [0.25, 0.3) is 11.8 Å². The molecule has 1 aromatic heterocycles. The third-order valence-corrected chi connectivity index (χ3v) is 6.89. The number of piperidine rings is 1. The Morgan fingerprint density at radius 2 is 1.85 bits per heavy atom. The largest absolute Gasteiger partial charge is 0.496 e. The number of carbonyl (C=O) groups excluding carboxylic acids is 2. The molecule has 1 aromatic carbocycles. The van der Waals surface area contributed by atoms with Gasteiger partial charge in [-0.2, -0.15) is 0 Å². The molecule has 0 radical (unpaired) electrons. The van der Waals surface area contributed by atoms with Crippen molar-refractivity contribution in [3.05, 3.63) is 53.2 Å². The standard InChI is InChI=1S/C26H34N4O4/c1-16(15-33-3)28-25(31)18-8-11-24(27-14-18)30-20-9-10-21(30)13-19(12-20)29-26(32)22-6-5-7-23(34-4)17(22)2/h5-8,11,14,16,19-21H,9-10,12-13,15H2,1-4H3,(H,28,31)(H,29,32)/t16-,19-,20+,21-/m0/s1. The van der Waals surface area contributed by atoms with E-state index in [1.165, 1.54) is 0 Å². The number of methoxy groups -OCH3 is 2. The van der Waals surface area contributed by atoms with Gasteiger partial charge in [0, 0.05) is 48.6 Å². The van der Waals surface area contributed by atoms with Crippen LogP contribution < -0.4 is 20.3 Å². The first-order valence-electron chi connectivity index (χ1n) is 11.9. The number of amides is 2. The van der Waals surface area contributed by atoms with Gasteiger partial charge in [0.1, 0.15) is 11.6 Å². The molecule has 0 unspecified atom stereocenters. The van der Waals surface area contributed by atoms with Gasteiger partial charge in [-0.3, -0.25) is 9.59 Å². The second-order valence-electron chi connectivity index (χ2n) is 9.30. The van der Waals surface area contributed by atoms with Gasteiger partial charge in [0.05, 0.1) is 19.3 Å². The fourth-order valence-electron chi connectivity index (χ4n) is 5.29. The number of anilines is 1. The Balaban J connectivity index is 1.39. The van der Waals surface area contributed by atoms with Crippen LogP contribution in [0.3, 0.4) is 0 Å². The predicted octanol–water partition coefficient (Wildman–Crippen LogP) is 3.09. The Morgan fingerprint density at radius 3 is 2.47 bits per heavy atom. The second kappa shape index (κ2) is 10.4. The summed E-state index contributed by atoms with van der Waals surface area (Å²) in [6, 6.07) is 10.0. The Kier molecular flexibility index (Phi) is 7.36. The van der Waals surface area contributed by atoms with Crippen LogP contribution in [-0.4, -0.2) is 61.8 Å². The van der Waals surface area contributed by atoms with E-state index in [0.717, 1.165) is 42.8 Å². The van der Waals surface area contributed by atoms with E-state index in [0.29, 0.717) is 29.8 Å². The van der Waals surface area contributed by atoms with E-state index in [-0.39, 0.29) is 23.9 Å². The van der Waals surface area contributed by atoms with Crippen LogP contribution in [0.2, 0.25) is 0 Å². The molecule has 2 saturated heterocycles. The van der Waals surface area contributed by atoms with Gasteiger partial charge in [-0.15, -0.1) is 0 Å². The molecule has 2 aliphatic rings. The van der Waals surface area contributed by atoms with Gasteiger partial charge in [-0.1, -0.05) is 6.07 Å². The number of carbonyl (C=O) groups is 2. The van der Waals surface area contributed by atoms with E-state index >= 15 is 0 Å². The van der Waals surface area contributed by atoms with Crippen molar-refractivity contribution in [1.29, 1.82) is 0 Å². The van der Waals surface area contributed by atoms with Crippen LogP contribution in [0, 0.1) is 6.92 Å². The van der Waals surface area contributed by atoms with Gasteiger partial charge in [-0.25, -0.2) is 4.98 Å². The Morgan fingerprint density at radius 1 is 1.12 bits per heavy atom. The number of ether oxygens (including phenoxy) is 2. The molecule has 2 amide bonds. The third kappa shape index (κ3) is 5.01. The summed E-state index contributed by atoms with van der Waals surface area (Å²) in [5.41, 5.74) is 2.05. The summed E-state index contributed by atoms with van der Waals surface area (Å²) in [6.45, 7) is 4.27. The molecule has 2 aliphatic heterocycles. The van der Waals surface area contributed by atoms with Crippen LogP contribution in [0.25, 0.3) is 0 Å². The molecule has 8 heteroatoms. The summed E-state index contributed by atoms with van der Waals surface area (Å²) in [5, 5.41) is 6.16. The molecular weight excluding hydrogens is 432 g/mol. The number of nitrogens with zero attached hydrogens (tertiary/aromatic N) is 2. The maximum atomic E-state index is 13.0. The van der Waals surface area contributed by atoms with Crippen molar-refractivity contribution in [1.82, 2.24) is 15.6 Å². The number of nitrogens with one attached hydrogen (secondary N) is 2. The lowest BCUT2D eigenvalue weighted by atomic mass is 9.96. The topological polar surface area (TPSA) is 92.8 Å². The minimum Gasteiger partial charge on any atom is -0.496 e. The summed E-state index contributed by atoms with van der Waals surface area (Å²) in [5.74, 6) is 1.41. The first-order valence-corrected chi connectivity index (χ1v) is 11.9. The molecule has 4 atom stereocenters. The maximum Gasteiger partial charge on any atom is 0.253 e. The van der Waals surface area contributed by atoms with Crippen molar-refractivity contribution in [2.45, 2.75) is 63.7 Å².